The Bertz CT molecular complexity index is 864. The quantitative estimate of drug-likeness (QED) is 0.519. The normalized spacial score (nSPS) is 10.8. The van der Waals surface area contributed by atoms with Crippen LogP contribution in [0.15, 0.2) is 48.7 Å². The Morgan fingerprint density at radius 2 is 1.81 bits per heavy atom. The molecule has 21 heavy (non-hydrogen) atoms. The molecule has 2 nitrogen and oxygen atoms in total. The molecule has 104 valence electrons. The summed E-state index contributed by atoms with van der Waals surface area (Å²) in [6.45, 7) is 0. The number of rotatable bonds is 2. The molecule has 0 saturated heterocycles. The first-order valence-corrected chi connectivity index (χ1v) is 6.48. The second-order valence-corrected chi connectivity index (χ2v) is 4.90. The molecule has 0 N–H and O–H groups in total. The minimum absolute atomic E-state index is 0.189. The van der Waals surface area contributed by atoms with E-state index >= 15 is 0 Å². The summed E-state index contributed by atoms with van der Waals surface area (Å²) in [5.74, 6) is -2.34. The third-order valence-corrected chi connectivity index (χ3v) is 3.40. The van der Waals surface area contributed by atoms with Crippen molar-refractivity contribution in [1.82, 2.24) is 4.98 Å². The largest absolute Gasteiger partial charge is 0.288 e. The van der Waals surface area contributed by atoms with E-state index in [1.807, 2.05) is 6.07 Å². The van der Waals surface area contributed by atoms with Gasteiger partial charge in [-0.2, -0.15) is 0 Å². The summed E-state index contributed by atoms with van der Waals surface area (Å²) in [7, 11) is 0. The van der Waals surface area contributed by atoms with Crippen LogP contribution in [0.1, 0.15) is 15.9 Å². The predicted molar refractivity (Wildman–Crippen MR) is 76.5 cm³/mol. The lowest BCUT2D eigenvalue weighted by molar-refractivity contribution is 0.103. The van der Waals surface area contributed by atoms with Crippen LogP contribution in [0.3, 0.4) is 0 Å². The van der Waals surface area contributed by atoms with Crippen molar-refractivity contribution in [1.29, 1.82) is 0 Å². The number of aromatic nitrogens is 1. The van der Waals surface area contributed by atoms with Gasteiger partial charge in [-0.05, 0) is 24.3 Å². The fourth-order valence-corrected chi connectivity index (χ4v) is 2.20. The Labute approximate surface area is 124 Å². The number of ketones is 1. The molecule has 3 rings (SSSR count). The number of hydrogen-bond acceptors (Lipinski definition) is 2. The Kier molecular flexibility index (Phi) is 3.39. The van der Waals surface area contributed by atoms with Crippen LogP contribution < -0.4 is 0 Å². The van der Waals surface area contributed by atoms with Crippen molar-refractivity contribution in [2.24, 2.45) is 0 Å². The van der Waals surface area contributed by atoms with E-state index in [9.17, 15) is 13.6 Å². The minimum Gasteiger partial charge on any atom is -0.288 e. The Morgan fingerprint density at radius 3 is 2.62 bits per heavy atom. The van der Waals surface area contributed by atoms with Gasteiger partial charge in [0.15, 0.2) is 5.78 Å². The molecule has 0 aliphatic rings. The van der Waals surface area contributed by atoms with Gasteiger partial charge in [0.1, 0.15) is 11.6 Å². The van der Waals surface area contributed by atoms with Gasteiger partial charge < -0.3 is 0 Å². The molecule has 0 atom stereocenters. The van der Waals surface area contributed by atoms with Crippen molar-refractivity contribution in [2.75, 3.05) is 0 Å². The van der Waals surface area contributed by atoms with Crippen molar-refractivity contribution in [3.8, 4) is 0 Å². The van der Waals surface area contributed by atoms with Gasteiger partial charge in [-0.25, -0.2) is 8.78 Å². The first-order chi connectivity index (χ1) is 10.1. The number of hydrogen-bond donors (Lipinski definition) is 0. The maximum Gasteiger partial charge on any atom is 0.197 e. The summed E-state index contributed by atoms with van der Waals surface area (Å²) in [5.41, 5.74) is 0.542. The third-order valence-electron chi connectivity index (χ3n) is 3.11. The first-order valence-electron chi connectivity index (χ1n) is 6.10. The van der Waals surface area contributed by atoms with Gasteiger partial charge in [0.25, 0.3) is 0 Å². The molecule has 1 heterocycles. The highest BCUT2D eigenvalue weighted by molar-refractivity contribution is 6.31. The van der Waals surface area contributed by atoms with E-state index in [0.29, 0.717) is 0 Å². The fourth-order valence-electron chi connectivity index (χ4n) is 2.05. The van der Waals surface area contributed by atoms with Crippen LogP contribution in [-0.2, 0) is 0 Å². The van der Waals surface area contributed by atoms with Gasteiger partial charge in [-0.1, -0.05) is 29.8 Å². The van der Waals surface area contributed by atoms with E-state index in [-0.39, 0.29) is 16.1 Å². The SMILES string of the molecule is O=C(c1cnc2ccccc2c1)c1cc(F)c(Cl)cc1F. The van der Waals surface area contributed by atoms with E-state index in [1.165, 1.54) is 6.20 Å². The van der Waals surface area contributed by atoms with Gasteiger partial charge in [0.2, 0.25) is 0 Å². The predicted octanol–water partition coefficient (Wildman–Crippen LogP) is 4.40. The Balaban J connectivity index is 2.10. The van der Waals surface area contributed by atoms with Crippen molar-refractivity contribution >= 4 is 28.3 Å². The highest BCUT2D eigenvalue weighted by Crippen LogP contribution is 2.22. The average Bonchev–Trinajstić information content (AvgIpc) is 2.50. The molecule has 0 saturated carbocycles. The van der Waals surface area contributed by atoms with Crippen LogP contribution in [0.5, 0.6) is 0 Å². The molecule has 1 aromatic heterocycles. The van der Waals surface area contributed by atoms with Crippen LogP contribution in [-0.4, -0.2) is 10.8 Å². The number of halogens is 3. The molecule has 5 heteroatoms. The number of carbonyl (C=O) groups is 1. The second-order valence-electron chi connectivity index (χ2n) is 4.49. The molecule has 0 spiro atoms. The van der Waals surface area contributed by atoms with E-state index in [1.54, 1.807) is 24.3 Å². The van der Waals surface area contributed by atoms with Crippen LogP contribution >= 0.6 is 11.6 Å². The van der Waals surface area contributed by atoms with Crippen molar-refractivity contribution in [3.63, 3.8) is 0 Å². The molecule has 0 aliphatic heterocycles. The number of fused-ring (bicyclic) bond motifs is 1. The molecule has 0 unspecified atom stereocenters. The zero-order valence-corrected chi connectivity index (χ0v) is 11.4. The maximum absolute atomic E-state index is 13.8. The first kappa shape index (κ1) is 13.6. The lowest BCUT2D eigenvalue weighted by Gasteiger charge is -2.05. The monoisotopic (exact) mass is 303 g/mol. The topological polar surface area (TPSA) is 30.0 Å². The summed E-state index contributed by atoms with van der Waals surface area (Å²) in [6.07, 6.45) is 1.34. The summed E-state index contributed by atoms with van der Waals surface area (Å²) in [5, 5.41) is 0.388. The maximum atomic E-state index is 13.8. The summed E-state index contributed by atoms with van der Waals surface area (Å²) < 4.78 is 27.2. The second kappa shape index (κ2) is 5.22. The summed E-state index contributed by atoms with van der Waals surface area (Å²) in [6, 6.07) is 10.4. The smallest absolute Gasteiger partial charge is 0.197 e. The molecular weight excluding hydrogens is 296 g/mol. The summed E-state index contributed by atoms with van der Waals surface area (Å²) >= 11 is 5.48. The van der Waals surface area contributed by atoms with Crippen LogP contribution in [0.4, 0.5) is 8.78 Å². The number of pyridine rings is 1. The highest BCUT2D eigenvalue weighted by Gasteiger charge is 2.17. The van der Waals surface area contributed by atoms with E-state index in [0.717, 1.165) is 23.0 Å². The minimum atomic E-state index is -0.862. The fraction of sp³-hybridized carbons (Fsp3) is 0. The van der Waals surface area contributed by atoms with E-state index < -0.39 is 17.4 Å². The van der Waals surface area contributed by atoms with Gasteiger partial charge >= 0.3 is 0 Å². The molecule has 0 amide bonds. The van der Waals surface area contributed by atoms with Gasteiger partial charge in [-0.3, -0.25) is 9.78 Å². The Hall–Kier alpha value is -2.33. The number of nitrogens with zero attached hydrogens (tertiary/aromatic N) is 1. The van der Waals surface area contributed by atoms with Crippen LogP contribution in [0, 0.1) is 11.6 Å². The van der Waals surface area contributed by atoms with Crippen molar-refractivity contribution in [2.45, 2.75) is 0 Å². The molecule has 0 fully saturated rings. The molecule has 2 aromatic carbocycles. The van der Waals surface area contributed by atoms with Crippen molar-refractivity contribution < 1.29 is 13.6 Å². The number of para-hydroxylation sites is 1. The van der Waals surface area contributed by atoms with Gasteiger partial charge in [-0.15, -0.1) is 0 Å². The molecule has 0 aliphatic carbocycles. The molecule has 0 radical (unpaired) electrons. The highest BCUT2D eigenvalue weighted by atomic mass is 35.5. The van der Waals surface area contributed by atoms with E-state index in [2.05, 4.69) is 4.98 Å². The summed E-state index contributed by atoms with van der Waals surface area (Å²) in [4.78, 5) is 16.4. The van der Waals surface area contributed by atoms with Gasteiger partial charge in [0.05, 0.1) is 16.1 Å². The lowest BCUT2D eigenvalue weighted by Crippen LogP contribution is -2.06. The molecule has 0 bridgehead atoms. The average molecular weight is 304 g/mol. The zero-order chi connectivity index (χ0) is 15.0. The van der Waals surface area contributed by atoms with Gasteiger partial charge in [0, 0.05) is 17.1 Å². The van der Waals surface area contributed by atoms with E-state index in [4.69, 9.17) is 11.6 Å². The lowest BCUT2D eigenvalue weighted by atomic mass is 10.0. The third kappa shape index (κ3) is 2.50. The van der Waals surface area contributed by atoms with Crippen molar-refractivity contribution in [3.05, 3.63) is 76.4 Å². The Morgan fingerprint density at radius 1 is 1.05 bits per heavy atom. The number of carbonyl (C=O) groups excluding carboxylic acids is 1. The van der Waals surface area contributed by atoms with Crippen LogP contribution in [0.25, 0.3) is 10.9 Å². The molecule has 3 aromatic rings. The van der Waals surface area contributed by atoms with Crippen LogP contribution in [0.2, 0.25) is 5.02 Å². The molecular formula is C16H8ClF2NO. The number of benzene rings is 2. The standard InChI is InChI=1S/C16H8ClF2NO/c17-12-7-13(18)11(6-14(12)19)16(21)10-5-9-3-1-2-4-15(9)20-8-10/h1-8H. The zero-order valence-electron chi connectivity index (χ0n) is 10.6.